The number of methoxy groups -OCH3 is 2. The zero-order valence-electron chi connectivity index (χ0n) is 40.2. The van der Waals surface area contributed by atoms with E-state index in [1.165, 1.54) is 7.11 Å². The van der Waals surface area contributed by atoms with Crippen molar-refractivity contribution >= 4 is 38.1 Å². The molecule has 16 nitrogen and oxygen atoms in total. The molecule has 4 rings (SSSR count). The SMILES string of the molecule is COC(=O)[C@@H](C)[C@@H](C/C=C\CCCOCc1ccc(OC)cc1)NC(=O)[C@@H](Cc1ccccc1)NC(=O)[C@H]1O[C@@H]2OC(C)(C)O[C@@H]2[C@H]1NC(=O)[C@H](NC(=O)O[Si](C)(C)C(C)(C)C)C(C)C. The second-order valence-electron chi connectivity index (χ2n) is 19.0. The van der Waals surface area contributed by atoms with Crippen LogP contribution in [0.2, 0.25) is 18.1 Å². The van der Waals surface area contributed by atoms with Crippen molar-refractivity contribution in [1.82, 2.24) is 21.3 Å². The van der Waals surface area contributed by atoms with E-state index in [-0.39, 0.29) is 17.4 Å². The van der Waals surface area contributed by atoms with Crippen LogP contribution in [0.3, 0.4) is 0 Å². The molecule has 0 saturated carbocycles. The minimum atomic E-state index is -2.52. The summed E-state index contributed by atoms with van der Waals surface area (Å²) in [6.07, 6.45) is 1.75. The summed E-state index contributed by atoms with van der Waals surface area (Å²) >= 11 is 0. The quantitative estimate of drug-likeness (QED) is 0.0461. The van der Waals surface area contributed by atoms with Gasteiger partial charge in [0, 0.05) is 19.1 Å². The van der Waals surface area contributed by atoms with Crippen LogP contribution < -0.4 is 26.0 Å². The first-order chi connectivity index (χ1) is 30.5. The fourth-order valence-electron chi connectivity index (χ4n) is 7.13. The molecule has 17 heteroatoms. The molecule has 0 aromatic heterocycles. The van der Waals surface area contributed by atoms with E-state index in [9.17, 15) is 24.0 Å². The Morgan fingerprint density at radius 2 is 1.54 bits per heavy atom. The Kier molecular flexibility index (Phi) is 19.2. The van der Waals surface area contributed by atoms with Gasteiger partial charge in [0.2, 0.25) is 11.8 Å². The maximum Gasteiger partial charge on any atom is 0.394 e. The van der Waals surface area contributed by atoms with E-state index in [4.69, 9.17) is 32.8 Å². The number of nitrogens with one attached hydrogen (secondary N) is 4. The van der Waals surface area contributed by atoms with Crippen molar-refractivity contribution in [3.05, 3.63) is 77.9 Å². The summed E-state index contributed by atoms with van der Waals surface area (Å²) in [6, 6.07) is 12.9. The average Bonchev–Trinajstić information content (AvgIpc) is 3.73. The maximum atomic E-state index is 14.4. The maximum absolute atomic E-state index is 14.4. The number of hydrogen-bond donors (Lipinski definition) is 4. The Labute approximate surface area is 385 Å². The van der Waals surface area contributed by atoms with Crippen molar-refractivity contribution in [2.75, 3.05) is 20.8 Å². The number of rotatable bonds is 22. The minimum Gasteiger partial charge on any atom is -0.504 e. The Morgan fingerprint density at radius 3 is 2.15 bits per heavy atom. The third-order valence-corrected chi connectivity index (χ3v) is 16.4. The molecule has 0 spiro atoms. The topological polar surface area (TPSA) is 198 Å². The lowest BCUT2D eigenvalue weighted by atomic mass is 9.97. The molecule has 0 unspecified atom stereocenters. The highest BCUT2D eigenvalue weighted by atomic mass is 28.4. The Balaban J connectivity index is 1.48. The lowest BCUT2D eigenvalue weighted by Crippen LogP contribution is -2.60. The molecule has 2 heterocycles. The normalized spacial score (nSPS) is 21.1. The molecule has 65 heavy (non-hydrogen) atoms. The fraction of sp³-hybridized carbons (Fsp3) is 0.604. The number of allylic oxidation sites excluding steroid dienone is 1. The van der Waals surface area contributed by atoms with Gasteiger partial charge >= 0.3 is 12.1 Å². The van der Waals surface area contributed by atoms with E-state index in [0.29, 0.717) is 26.1 Å². The summed E-state index contributed by atoms with van der Waals surface area (Å²) in [6.45, 7) is 19.5. The average molecular weight is 925 g/mol. The number of benzene rings is 2. The lowest BCUT2D eigenvalue weighted by Gasteiger charge is -2.36. The van der Waals surface area contributed by atoms with E-state index in [1.54, 1.807) is 41.7 Å². The van der Waals surface area contributed by atoms with Crippen LogP contribution in [0.1, 0.15) is 85.8 Å². The van der Waals surface area contributed by atoms with Crippen molar-refractivity contribution in [3.63, 3.8) is 0 Å². The summed E-state index contributed by atoms with van der Waals surface area (Å²) in [7, 11) is 0.393. The highest BCUT2D eigenvalue weighted by Gasteiger charge is 2.58. The van der Waals surface area contributed by atoms with Crippen LogP contribution in [0.15, 0.2) is 66.7 Å². The van der Waals surface area contributed by atoms with Crippen molar-refractivity contribution in [2.45, 2.75) is 154 Å². The van der Waals surface area contributed by atoms with Crippen LogP contribution in [-0.4, -0.2) is 107 Å². The zero-order valence-corrected chi connectivity index (χ0v) is 41.2. The number of carbonyl (C=O) groups excluding carboxylic acids is 5. The molecule has 2 aliphatic rings. The van der Waals surface area contributed by atoms with Crippen molar-refractivity contribution < 1.29 is 56.8 Å². The standard InChI is InChI=1S/C48H72N4O12Si/c1-30(2)37(52-46(57)64-65(11,12)47(4,5)6)42(54)51-38-39(61-45-40(38)62-48(7,8)63-45)43(55)50-36(28-32-20-16-15-17-21-32)41(53)49-35(31(3)44(56)59-10)22-18-13-14-19-27-60-29-33-23-25-34(58-9)26-24-33/h13,15-18,20-21,23-26,30-31,35-40,45H,14,19,22,27-29H2,1-12H3,(H,49,53)(H,50,55)(H,51,54)(H,52,57)/b18-13-/t31-,35+,36+,37+,38-,39-,40+,45+/m0/s1. The molecule has 4 amide bonds. The molecule has 2 saturated heterocycles. The van der Waals surface area contributed by atoms with Gasteiger partial charge in [-0.15, -0.1) is 0 Å². The van der Waals surface area contributed by atoms with Crippen LogP contribution in [-0.2, 0) is 60.3 Å². The van der Waals surface area contributed by atoms with Crippen molar-refractivity contribution in [3.8, 4) is 5.75 Å². The van der Waals surface area contributed by atoms with E-state index in [1.807, 2.05) is 101 Å². The number of hydrogen-bond acceptors (Lipinski definition) is 12. The molecule has 2 fully saturated rings. The second kappa shape index (κ2) is 23.6. The van der Waals surface area contributed by atoms with Crippen LogP contribution in [0.5, 0.6) is 5.75 Å². The molecular formula is C48H72N4O12Si. The Bertz CT molecular complexity index is 1920. The Hall–Kier alpha value is -4.81. The summed E-state index contributed by atoms with van der Waals surface area (Å²) in [4.78, 5) is 68.8. The first kappa shape index (κ1) is 52.8. The van der Waals surface area contributed by atoms with Crippen LogP contribution in [0.25, 0.3) is 0 Å². The molecule has 0 radical (unpaired) electrons. The van der Waals surface area contributed by atoms with Gasteiger partial charge in [0.05, 0.1) is 32.8 Å². The number of unbranched alkanes of at least 4 members (excludes halogenated alkanes) is 1. The lowest BCUT2D eigenvalue weighted by molar-refractivity contribution is -0.208. The highest BCUT2D eigenvalue weighted by molar-refractivity contribution is 6.75. The largest absolute Gasteiger partial charge is 0.504 e. The molecule has 2 aromatic carbocycles. The van der Waals surface area contributed by atoms with E-state index < -0.39 is 92.5 Å². The van der Waals surface area contributed by atoms with Gasteiger partial charge in [-0.2, -0.15) is 0 Å². The van der Waals surface area contributed by atoms with Gasteiger partial charge in [-0.05, 0) is 87.3 Å². The first-order valence-corrected chi connectivity index (χ1v) is 25.4. The first-order valence-electron chi connectivity index (χ1n) is 22.4. The third-order valence-electron chi connectivity index (χ3n) is 12.1. The molecule has 2 aliphatic heterocycles. The van der Waals surface area contributed by atoms with Gasteiger partial charge in [0.15, 0.2) is 18.2 Å². The van der Waals surface area contributed by atoms with Crippen molar-refractivity contribution in [1.29, 1.82) is 0 Å². The number of amides is 4. The predicted molar refractivity (Wildman–Crippen MR) is 247 cm³/mol. The number of carbonyl (C=O) groups is 5. The fourth-order valence-corrected chi connectivity index (χ4v) is 7.96. The summed E-state index contributed by atoms with van der Waals surface area (Å²) in [5, 5.41) is 11.3. The number of esters is 1. The van der Waals surface area contributed by atoms with Gasteiger partial charge in [0.1, 0.15) is 23.9 Å². The Morgan fingerprint density at radius 1 is 0.862 bits per heavy atom. The van der Waals surface area contributed by atoms with Gasteiger partial charge < -0.3 is 54.1 Å². The molecule has 8 atom stereocenters. The molecule has 4 N–H and O–H groups in total. The van der Waals surface area contributed by atoms with Crippen LogP contribution >= 0.6 is 0 Å². The van der Waals surface area contributed by atoms with Gasteiger partial charge in [-0.1, -0.05) is 89.2 Å². The van der Waals surface area contributed by atoms with E-state index in [2.05, 4.69) is 21.3 Å². The molecule has 2 aromatic rings. The van der Waals surface area contributed by atoms with E-state index in [0.717, 1.165) is 23.3 Å². The number of ether oxygens (including phenoxy) is 6. The molecule has 0 bridgehead atoms. The van der Waals surface area contributed by atoms with Crippen LogP contribution in [0.4, 0.5) is 4.79 Å². The highest BCUT2D eigenvalue weighted by Crippen LogP contribution is 2.38. The van der Waals surface area contributed by atoms with Gasteiger partial charge in [-0.3, -0.25) is 19.2 Å². The molecular weight excluding hydrogens is 853 g/mol. The molecule has 0 aliphatic carbocycles. The van der Waals surface area contributed by atoms with Crippen molar-refractivity contribution in [2.24, 2.45) is 11.8 Å². The van der Waals surface area contributed by atoms with Gasteiger partial charge in [-0.25, -0.2) is 4.79 Å². The number of fused-ring (bicyclic) bond motifs is 1. The molecule has 360 valence electrons. The summed E-state index contributed by atoms with van der Waals surface area (Å²) < 4.78 is 40.3. The smallest absolute Gasteiger partial charge is 0.394 e. The zero-order chi connectivity index (χ0) is 48.1. The summed E-state index contributed by atoms with van der Waals surface area (Å²) in [5.74, 6) is -3.75. The van der Waals surface area contributed by atoms with E-state index >= 15 is 0 Å². The van der Waals surface area contributed by atoms with Crippen LogP contribution in [0, 0.1) is 11.8 Å². The van der Waals surface area contributed by atoms with Gasteiger partial charge in [0.25, 0.3) is 14.2 Å². The summed E-state index contributed by atoms with van der Waals surface area (Å²) in [5.41, 5.74) is 1.80. The second-order valence-corrected chi connectivity index (χ2v) is 23.7. The third kappa shape index (κ3) is 15.4. The monoisotopic (exact) mass is 924 g/mol. The predicted octanol–water partition coefficient (Wildman–Crippen LogP) is 6.08. The minimum absolute atomic E-state index is 0.0937.